The van der Waals surface area contributed by atoms with E-state index in [-0.39, 0.29) is 6.04 Å². The van der Waals surface area contributed by atoms with E-state index in [1.165, 1.54) is 5.56 Å². The number of nitrogens with zero attached hydrogens (tertiary/aromatic N) is 1. The van der Waals surface area contributed by atoms with Gasteiger partial charge in [0.1, 0.15) is 5.76 Å². The highest BCUT2D eigenvalue weighted by atomic mass is 16.5. The fourth-order valence-corrected chi connectivity index (χ4v) is 2.95. The standard InChI is InChI=1S/C18H24N2O2/c1-15(18-8-5-11-22-18)19-14-17(16-6-3-2-4-7-16)20-9-12-21-13-10-20/h2-8,11,15,17,19H,9-10,12-14H2,1H3. The molecule has 2 heterocycles. The lowest BCUT2D eigenvalue weighted by Crippen LogP contribution is -2.43. The molecule has 1 aliphatic rings. The lowest BCUT2D eigenvalue weighted by molar-refractivity contribution is 0.0156. The average molecular weight is 300 g/mol. The van der Waals surface area contributed by atoms with Crippen molar-refractivity contribution in [3.8, 4) is 0 Å². The zero-order valence-electron chi connectivity index (χ0n) is 13.1. The summed E-state index contributed by atoms with van der Waals surface area (Å²) in [6.45, 7) is 6.63. The topological polar surface area (TPSA) is 37.6 Å². The Kier molecular flexibility index (Phi) is 5.27. The predicted octanol–water partition coefficient (Wildman–Crippen LogP) is 3.00. The van der Waals surface area contributed by atoms with E-state index in [0.29, 0.717) is 6.04 Å². The maximum atomic E-state index is 5.49. The Morgan fingerprint density at radius 1 is 1.09 bits per heavy atom. The SMILES string of the molecule is CC(NCC(c1ccccc1)N1CCOCC1)c1ccco1. The molecule has 4 heteroatoms. The lowest BCUT2D eigenvalue weighted by atomic mass is 10.0. The van der Waals surface area contributed by atoms with Crippen molar-refractivity contribution >= 4 is 0 Å². The molecule has 4 nitrogen and oxygen atoms in total. The van der Waals surface area contributed by atoms with Crippen molar-refractivity contribution in [3.63, 3.8) is 0 Å². The minimum Gasteiger partial charge on any atom is -0.468 e. The highest BCUT2D eigenvalue weighted by Crippen LogP contribution is 2.22. The number of benzene rings is 1. The molecule has 0 aliphatic carbocycles. The van der Waals surface area contributed by atoms with Crippen molar-refractivity contribution in [3.05, 3.63) is 60.1 Å². The molecule has 0 saturated carbocycles. The van der Waals surface area contributed by atoms with Crippen LogP contribution in [0.5, 0.6) is 0 Å². The second kappa shape index (κ2) is 7.58. The zero-order valence-corrected chi connectivity index (χ0v) is 13.1. The first-order chi connectivity index (χ1) is 10.8. The van der Waals surface area contributed by atoms with E-state index in [9.17, 15) is 0 Å². The summed E-state index contributed by atoms with van der Waals surface area (Å²) in [5, 5.41) is 3.60. The van der Waals surface area contributed by atoms with Gasteiger partial charge in [-0.15, -0.1) is 0 Å². The van der Waals surface area contributed by atoms with Gasteiger partial charge in [-0.2, -0.15) is 0 Å². The summed E-state index contributed by atoms with van der Waals surface area (Å²) in [6, 6.07) is 15.2. The molecule has 1 aliphatic heterocycles. The molecule has 2 atom stereocenters. The average Bonchev–Trinajstić information content (AvgIpc) is 3.11. The number of rotatable bonds is 6. The van der Waals surface area contributed by atoms with Crippen molar-refractivity contribution < 1.29 is 9.15 Å². The van der Waals surface area contributed by atoms with E-state index < -0.39 is 0 Å². The highest BCUT2D eigenvalue weighted by Gasteiger charge is 2.23. The number of nitrogens with one attached hydrogen (secondary N) is 1. The van der Waals surface area contributed by atoms with Crippen LogP contribution in [0.3, 0.4) is 0 Å². The highest BCUT2D eigenvalue weighted by molar-refractivity contribution is 5.20. The smallest absolute Gasteiger partial charge is 0.120 e. The van der Waals surface area contributed by atoms with Gasteiger partial charge < -0.3 is 14.5 Å². The van der Waals surface area contributed by atoms with Gasteiger partial charge in [-0.3, -0.25) is 4.90 Å². The van der Waals surface area contributed by atoms with Gasteiger partial charge in [0.2, 0.25) is 0 Å². The maximum Gasteiger partial charge on any atom is 0.120 e. The molecule has 1 N–H and O–H groups in total. The fourth-order valence-electron chi connectivity index (χ4n) is 2.95. The van der Waals surface area contributed by atoms with E-state index in [2.05, 4.69) is 47.5 Å². The van der Waals surface area contributed by atoms with Crippen LogP contribution in [0.25, 0.3) is 0 Å². The molecule has 22 heavy (non-hydrogen) atoms. The van der Waals surface area contributed by atoms with E-state index in [1.54, 1.807) is 6.26 Å². The molecule has 2 unspecified atom stereocenters. The number of ether oxygens (including phenoxy) is 1. The Balaban J connectivity index is 1.68. The number of hydrogen-bond acceptors (Lipinski definition) is 4. The Morgan fingerprint density at radius 2 is 1.86 bits per heavy atom. The molecular weight excluding hydrogens is 276 g/mol. The van der Waals surface area contributed by atoms with Gasteiger partial charge in [-0.05, 0) is 24.6 Å². The zero-order chi connectivity index (χ0) is 15.2. The van der Waals surface area contributed by atoms with E-state index in [0.717, 1.165) is 38.6 Å². The van der Waals surface area contributed by atoms with Gasteiger partial charge in [0.25, 0.3) is 0 Å². The van der Waals surface area contributed by atoms with Gasteiger partial charge >= 0.3 is 0 Å². The molecule has 2 aromatic rings. The van der Waals surface area contributed by atoms with E-state index in [1.807, 2.05) is 12.1 Å². The molecule has 0 spiro atoms. The number of morpholine rings is 1. The quantitative estimate of drug-likeness (QED) is 0.890. The van der Waals surface area contributed by atoms with Crippen LogP contribution in [0, 0.1) is 0 Å². The van der Waals surface area contributed by atoms with Crippen LogP contribution >= 0.6 is 0 Å². The van der Waals surface area contributed by atoms with Gasteiger partial charge in [0.15, 0.2) is 0 Å². The third-order valence-corrected chi connectivity index (χ3v) is 4.26. The van der Waals surface area contributed by atoms with Crippen molar-refractivity contribution in [2.45, 2.75) is 19.0 Å². The lowest BCUT2D eigenvalue weighted by Gasteiger charge is -2.35. The van der Waals surface area contributed by atoms with Crippen LogP contribution in [-0.2, 0) is 4.74 Å². The first kappa shape index (κ1) is 15.3. The summed E-state index contributed by atoms with van der Waals surface area (Å²) in [5.74, 6) is 0.980. The molecular formula is C18H24N2O2. The summed E-state index contributed by atoms with van der Waals surface area (Å²) < 4.78 is 11.0. The van der Waals surface area contributed by atoms with Crippen molar-refractivity contribution in [2.75, 3.05) is 32.8 Å². The largest absolute Gasteiger partial charge is 0.468 e. The monoisotopic (exact) mass is 300 g/mol. The van der Waals surface area contributed by atoms with Crippen LogP contribution in [0.1, 0.15) is 30.3 Å². The van der Waals surface area contributed by atoms with Crippen LogP contribution in [0.2, 0.25) is 0 Å². The normalized spacial score (nSPS) is 19.0. The summed E-state index contributed by atoms with van der Waals surface area (Å²) >= 11 is 0. The number of hydrogen-bond donors (Lipinski definition) is 1. The van der Waals surface area contributed by atoms with Crippen LogP contribution in [-0.4, -0.2) is 37.7 Å². The molecule has 0 radical (unpaired) electrons. The molecule has 1 saturated heterocycles. The van der Waals surface area contributed by atoms with E-state index >= 15 is 0 Å². The van der Waals surface area contributed by atoms with Crippen molar-refractivity contribution in [1.29, 1.82) is 0 Å². The Morgan fingerprint density at radius 3 is 2.55 bits per heavy atom. The molecule has 1 aromatic carbocycles. The summed E-state index contributed by atoms with van der Waals surface area (Å²) in [7, 11) is 0. The molecule has 1 aromatic heterocycles. The van der Waals surface area contributed by atoms with Crippen LogP contribution in [0.15, 0.2) is 53.1 Å². The first-order valence-corrected chi connectivity index (χ1v) is 7.98. The minimum absolute atomic E-state index is 0.210. The van der Waals surface area contributed by atoms with Gasteiger partial charge in [0.05, 0.1) is 25.5 Å². The van der Waals surface area contributed by atoms with E-state index in [4.69, 9.17) is 9.15 Å². The third-order valence-electron chi connectivity index (χ3n) is 4.26. The molecule has 3 rings (SSSR count). The second-order valence-corrected chi connectivity index (χ2v) is 5.72. The van der Waals surface area contributed by atoms with Crippen LogP contribution in [0.4, 0.5) is 0 Å². The Hall–Kier alpha value is -1.62. The Bertz CT molecular complexity index is 535. The number of furan rings is 1. The maximum absolute atomic E-state index is 5.49. The first-order valence-electron chi connectivity index (χ1n) is 7.98. The minimum atomic E-state index is 0.210. The van der Waals surface area contributed by atoms with Crippen LogP contribution < -0.4 is 5.32 Å². The van der Waals surface area contributed by atoms with Crippen molar-refractivity contribution in [1.82, 2.24) is 10.2 Å². The Labute approximate surface area is 132 Å². The fraction of sp³-hybridized carbons (Fsp3) is 0.444. The second-order valence-electron chi connectivity index (χ2n) is 5.72. The van der Waals surface area contributed by atoms with Gasteiger partial charge in [0, 0.05) is 25.7 Å². The summed E-state index contributed by atoms with van der Waals surface area (Å²) in [5.41, 5.74) is 1.35. The molecule has 1 fully saturated rings. The van der Waals surface area contributed by atoms with Crippen molar-refractivity contribution in [2.24, 2.45) is 0 Å². The molecule has 0 amide bonds. The summed E-state index contributed by atoms with van der Waals surface area (Å²) in [4.78, 5) is 2.50. The predicted molar refractivity (Wildman–Crippen MR) is 86.7 cm³/mol. The molecule has 118 valence electrons. The van der Waals surface area contributed by atoms with Gasteiger partial charge in [-0.1, -0.05) is 30.3 Å². The molecule has 0 bridgehead atoms. The third kappa shape index (κ3) is 3.77. The van der Waals surface area contributed by atoms with Gasteiger partial charge in [-0.25, -0.2) is 0 Å². The summed E-state index contributed by atoms with van der Waals surface area (Å²) in [6.07, 6.45) is 1.73.